The lowest BCUT2D eigenvalue weighted by atomic mass is 9.81. The highest BCUT2D eigenvalue weighted by Crippen LogP contribution is 2.40. The number of hydrogen-bond acceptors (Lipinski definition) is 6. The van der Waals surface area contributed by atoms with Crippen LogP contribution in [0.3, 0.4) is 0 Å². The molecule has 24 heavy (non-hydrogen) atoms. The van der Waals surface area contributed by atoms with Crippen molar-refractivity contribution in [2.24, 2.45) is 0 Å². The molecule has 6 nitrogen and oxygen atoms in total. The molecule has 120 valence electrons. The fourth-order valence-corrected chi connectivity index (χ4v) is 2.79. The van der Waals surface area contributed by atoms with Gasteiger partial charge in [0, 0.05) is 11.1 Å². The highest BCUT2D eigenvalue weighted by atomic mass is 16.3. The summed E-state index contributed by atoms with van der Waals surface area (Å²) < 4.78 is 0. The second-order valence-electron chi connectivity index (χ2n) is 5.55. The third-order valence-electron chi connectivity index (χ3n) is 3.86. The number of aromatic hydroxyl groups is 2. The molecular formula is C18H12O6. The molecule has 0 aliphatic heterocycles. The predicted molar refractivity (Wildman–Crippen MR) is 82.7 cm³/mol. The first-order valence-electron chi connectivity index (χ1n) is 7.13. The van der Waals surface area contributed by atoms with E-state index in [9.17, 15) is 29.4 Å². The van der Waals surface area contributed by atoms with Gasteiger partial charge in [-0.15, -0.1) is 0 Å². The van der Waals surface area contributed by atoms with Crippen LogP contribution in [0.5, 0.6) is 11.5 Å². The summed E-state index contributed by atoms with van der Waals surface area (Å²) in [6.45, 7) is 1.21. The van der Waals surface area contributed by atoms with Gasteiger partial charge < -0.3 is 10.2 Å². The van der Waals surface area contributed by atoms with Gasteiger partial charge in [0.1, 0.15) is 17.3 Å². The molecule has 0 saturated heterocycles. The van der Waals surface area contributed by atoms with E-state index in [2.05, 4.69) is 0 Å². The zero-order valence-corrected chi connectivity index (χ0v) is 12.6. The number of carbonyl (C=O) groups excluding carboxylic acids is 4. The second-order valence-corrected chi connectivity index (χ2v) is 5.55. The Morgan fingerprint density at radius 1 is 0.958 bits per heavy atom. The first-order chi connectivity index (χ1) is 11.3. The Balaban J connectivity index is 2.26. The van der Waals surface area contributed by atoms with Gasteiger partial charge in [-0.2, -0.15) is 0 Å². The van der Waals surface area contributed by atoms with Gasteiger partial charge in [0.05, 0.1) is 23.1 Å². The standard InChI is InChI=1S/C18H12O6/c1-8(19)6-12(20)11-7-13(21)14-15(18(11)24)17(23)10-5-3-2-4-9(10)16(14)22/h2-5,7,21,24H,6H2,1H3. The number of phenolic OH excluding ortho intramolecular Hbond substituents is 2. The fourth-order valence-electron chi connectivity index (χ4n) is 2.79. The molecule has 1 aliphatic rings. The Kier molecular flexibility index (Phi) is 3.52. The molecule has 0 unspecified atom stereocenters. The molecule has 2 aromatic rings. The minimum Gasteiger partial charge on any atom is -0.507 e. The summed E-state index contributed by atoms with van der Waals surface area (Å²) in [6.07, 6.45) is -0.482. The number of benzene rings is 2. The number of rotatable bonds is 3. The average molecular weight is 324 g/mol. The van der Waals surface area contributed by atoms with E-state index in [0.717, 1.165) is 6.07 Å². The van der Waals surface area contributed by atoms with Crippen LogP contribution in [0.2, 0.25) is 0 Å². The van der Waals surface area contributed by atoms with Crippen molar-refractivity contribution in [3.05, 3.63) is 58.1 Å². The highest BCUT2D eigenvalue weighted by molar-refractivity contribution is 6.31. The van der Waals surface area contributed by atoms with Crippen LogP contribution in [-0.2, 0) is 4.79 Å². The van der Waals surface area contributed by atoms with E-state index >= 15 is 0 Å². The highest BCUT2D eigenvalue weighted by Gasteiger charge is 2.36. The van der Waals surface area contributed by atoms with E-state index < -0.39 is 46.6 Å². The summed E-state index contributed by atoms with van der Waals surface area (Å²) in [4.78, 5) is 48.3. The summed E-state index contributed by atoms with van der Waals surface area (Å²) in [5, 5.41) is 20.5. The lowest BCUT2D eigenvalue weighted by molar-refractivity contribution is -0.116. The maximum Gasteiger partial charge on any atom is 0.198 e. The summed E-state index contributed by atoms with van der Waals surface area (Å²) in [7, 11) is 0. The van der Waals surface area contributed by atoms with Crippen molar-refractivity contribution in [3.8, 4) is 11.5 Å². The number of fused-ring (bicyclic) bond motifs is 2. The SMILES string of the molecule is CC(=O)CC(=O)c1cc(O)c2c(c1O)C(=O)c1ccccc1C2=O. The van der Waals surface area contributed by atoms with Crippen LogP contribution < -0.4 is 0 Å². The maximum absolute atomic E-state index is 12.6. The van der Waals surface area contributed by atoms with Crippen molar-refractivity contribution in [2.75, 3.05) is 0 Å². The second kappa shape index (κ2) is 5.42. The molecule has 2 N–H and O–H groups in total. The molecule has 3 rings (SSSR count). The number of phenols is 2. The minimum absolute atomic E-state index is 0.0841. The molecule has 0 atom stereocenters. The van der Waals surface area contributed by atoms with Crippen LogP contribution >= 0.6 is 0 Å². The number of ketones is 4. The smallest absolute Gasteiger partial charge is 0.198 e. The average Bonchev–Trinajstić information content (AvgIpc) is 2.53. The van der Waals surface area contributed by atoms with Crippen molar-refractivity contribution in [1.29, 1.82) is 0 Å². The van der Waals surface area contributed by atoms with Gasteiger partial charge in [-0.05, 0) is 13.0 Å². The molecule has 0 saturated carbocycles. The summed E-state index contributed by atoms with van der Waals surface area (Å²) >= 11 is 0. The quantitative estimate of drug-likeness (QED) is 0.433. The molecule has 6 heteroatoms. The molecule has 0 heterocycles. The predicted octanol–water partition coefficient (Wildman–Crippen LogP) is 2.03. The van der Waals surface area contributed by atoms with Gasteiger partial charge in [0.2, 0.25) is 0 Å². The van der Waals surface area contributed by atoms with Crippen LogP contribution in [0.4, 0.5) is 0 Å². The van der Waals surface area contributed by atoms with Gasteiger partial charge in [0.25, 0.3) is 0 Å². The van der Waals surface area contributed by atoms with E-state index in [0.29, 0.717) is 0 Å². The summed E-state index contributed by atoms with van der Waals surface area (Å²) in [5.74, 6) is -3.71. The first-order valence-corrected chi connectivity index (χ1v) is 7.13. The Labute approximate surface area is 136 Å². The van der Waals surface area contributed by atoms with E-state index in [1.165, 1.54) is 19.1 Å². The number of hydrogen-bond donors (Lipinski definition) is 2. The molecule has 0 fully saturated rings. The molecule has 0 amide bonds. The van der Waals surface area contributed by atoms with Crippen LogP contribution in [-0.4, -0.2) is 33.3 Å². The molecule has 0 spiro atoms. The van der Waals surface area contributed by atoms with Crippen molar-refractivity contribution in [2.45, 2.75) is 13.3 Å². The molecule has 0 bridgehead atoms. The Morgan fingerprint density at radius 3 is 2.04 bits per heavy atom. The van der Waals surface area contributed by atoms with E-state index in [1.807, 2.05) is 0 Å². The summed E-state index contributed by atoms with van der Waals surface area (Å²) in [6, 6.07) is 6.94. The van der Waals surface area contributed by atoms with Crippen molar-refractivity contribution in [3.63, 3.8) is 0 Å². The zero-order chi connectivity index (χ0) is 17.6. The molecule has 2 aromatic carbocycles. The lowest BCUT2D eigenvalue weighted by Crippen LogP contribution is -2.22. The minimum atomic E-state index is -0.739. The van der Waals surface area contributed by atoms with Crippen molar-refractivity contribution in [1.82, 2.24) is 0 Å². The Hall–Kier alpha value is -3.28. The van der Waals surface area contributed by atoms with E-state index in [4.69, 9.17) is 0 Å². The Morgan fingerprint density at radius 2 is 1.50 bits per heavy atom. The van der Waals surface area contributed by atoms with Crippen LogP contribution in [0.15, 0.2) is 30.3 Å². The molecule has 0 aromatic heterocycles. The van der Waals surface area contributed by atoms with Gasteiger partial charge >= 0.3 is 0 Å². The Bertz CT molecular complexity index is 939. The lowest BCUT2D eigenvalue weighted by Gasteiger charge is -2.20. The number of Topliss-reactive ketones (excluding diaryl/α,β-unsaturated/α-hetero) is 2. The van der Waals surface area contributed by atoms with Crippen molar-refractivity contribution < 1.29 is 29.4 Å². The van der Waals surface area contributed by atoms with Gasteiger partial charge in [-0.1, -0.05) is 24.3 Å². The molecule has 1 aliphatic carbocycles. The van der Waals surface area contributed by atoms with E-state index in [1.54, 1.807) is 12.1 Å². The van der Waals surface area contributed by atoms with Crippen LogP contribution in [0.1, 0.15) is 55.5 Å². The van der Waals surface area contributed by atoms with Gasteiger partial charge in [-0.3, -0.25) is 19.2 Å². The van der Waals surface area contributed by atoms with Gasteiger partial charge in [-0.25, -0.2) is 0 Å². The van der Waals surface area contributed by atoms with Gasteiger partial charge in [0.15, 0.2) is 17.3 Å². The van der Waals surface area contributed by atoms with Crippen molar-refractivity contribution >= 4 is 23.1 Å². The largest absolute Gasteiger partial charge is 0.507 e. The topological polar surface area (TPSA) is 109 Å². The number of carbonyl (C=O) groups is 4. The normalized spacial score (nSPS) is 12.5. The summed E-state index contributed by atoms with van der Waals surface area (Å²) in [5.41, 5.74) is -0.906. The first kappa shape index (κ1) is 15.6. The maximum atomic E-state index is 12.6. The van der Waals surface area contributed by atoms with Crippen LogP contribution in [0.25, 0.3) is 0 Å². The van der Waals surface area contributed by atoms with E-state index in [-0.39, 0.29) is 22.3 Å². The third kappa shape index (κ3) is 2.20. The molecular weight excluding hydrogens is 312 g/mol. The molecule has 0 radical (unpaired) electrons. The monoisotopic (exact) mass is 324 g/mol. The fraction of sp³-hybridized carbons (Fsp3) is 0.111. The zero-order valence-electron chi connectivity index (χ0n) is 12.6. The third-order valence-corrected chi connectivity index (χ3v) is 3.86. The van der Waals surface area contributed by atoms with Crippen LogP contribution in [0, 0.1) is 0 Å².